The van der Waals surface area contributed by atoms with Crippen molar-refractivity contribution < 1.29 is 24.5 Å². The summed E-state index contributed by atoms with van der Waals surface area (Å²) in [6.07, 6.45) is 9.09. The van der Waals surface area contributed by atoms with Crippen LogP contribution in [0, 0.1) is 28.6 Å². The van der Waals surface area contributed by atoms with Gasteiger partial charge in [-0.25, -0.2) is 24.8 Å². The molecule has 0 spiro atoms. The molecule has 5 unspecified atom stereocenters. The van der Waals surface area contributed by atoms with E-state index in [9.17, 15) is 19.8 Å². The number of aliphatic hydroxyl groups is 2. The number of rotatable bonds is 7. The number of nitrogens with one attached hydrogen (secondary N) is 2. The number of carbonyl (C=O) groups is 2. The van der Waals surface area contributed by atoms with E-state index < -0.39 is 23.6 Å². The predicted molar refractivity (Wildman–Crippen MR) is 152 cm³/mol. The molecule has 1 aromatic heterocycles. The Balaban J connectivity index is 1.35. The molecule has 0 saturated heterocycles. The Bertz CT molecular complexity index is 1350. The zero-order valence-corrected chi connectivity index (χ0v) is 23.8. The van der Waals surface area contributed by atoms with Gasteiger partial charge in [-0.3, -0.25) is 15.4 Å². The van der Waals surface area contributed by atoms with Crippen molar-refractivity contribution in [3.05, 3.63) is 24.0 Å². The minimum absolute atomic E-state index is 0.0276. The monoisotopic (exact) mass is 565 g/mol. The molecule has 12 heteroatoms. The zero-order chi connectivity index (χ0) is 28.9. The highest BCUT2D eigenvalue weighted by molar-refractivity contribution is 6.04. The van der Waals surface area contributed by atoms with Crippen molar-refractivity contribution in [2.24, 2.45) is 43.6 Å². The van der Waals surface area contributed by atoms with Gasteiger partial charge in [0, 0.05) is 48.2 Å². The van der Waals surface area contributed by atoms with Gasteiger partial charge in [0.1, 0.15) is 6.61 Å². The third kappa shape index (κ3) is 4.75. The van der Waals surface area contributed by atoms with Crippen molar-refractivity contribution in [3.8, 4) is 0 Å². The number of fused-ring (bicyclic) bond motifs is 3. The molecule has 2 saturated carbocycles. The van der Waals surface area contributed by atoms with Gasteiger partial charge in [-0.15, -0.1) is 0 Å². The van der Waals surface area contributed by atoms with Crippen LogP contribution in [0.4, 0.5) is 5.95 Å². The van der Waals surface area contributed by atoms with E-state index in [0.29, 0.717) is 43.9 Å². The predicted octanol–water partition coefficient (Wildman–Crippen LogP) is 1.16. The van der Waals surface area contributed by atoms with Crippen LogP contribution in [0.25, 0.3) is 0 Å². The molecule has 41 heavy (non-hydrogen) atoms. The Morgan fingerprint density at radius 1 is 1.34 bits per heavy atom. The maximum absolute atomic E-state index is 13.1. The van der Waals surface area contributed by atoms with E-state index in [1.54, 1.807) is 25.4 Å². The van der Waals surface area contributed by atoms with E-state index in [2.05, 4.69) is 37.1 Å². The highest BCUT2D eigenvalue weighted by Crippen LogP contribution is 2.62. The van der Waals surface area contributed by atoms with Gasteiger partial charge in [0.25, 0.3) is 0 Å². The van der Waals surface area contributed by atoms with E-state index in [0.717, 1.165) is 12.1 Å². The van der Waals surface area contributed by atoms with Crippen LogP contribution in [0.5, 0.6) is 0 Å². The maximum Gasteiger partial charge on any atom is 0.335 e. The van der Waals surface area contributed by atoms with Crippen LogP contribution in [0.15, 0.2) is 39.0 Å². The van der Waals surface area contributed by atoms with Gasteiger partial charge < -0.3 is 19.5 Å². The zero-order valence-electron chi connectivity index (χ0n) is 23.8. The molecule has 0 radical (unpaired) electrons. The second-order valence-corrected chi connectivity index (χ2v) is 12.6. The van der Waals surface area contributed by atoms with Crippen LogP contribution < -0.4 is 10.6 Å². The van der Waals surface area contributed by atoms with Gasteiger partial charge in [-0.2, -0.15) is 0 Å². The number of hydrogen-bond donors (Lipinski definition) is 4. The van der Waals surface area contributed by atoms with Crippen LogP contribution in [0.3, 0.4) is 0 Å². The number of aliphatic imine (C=N–C) groups is 3. The van der Waals surface area contributed by atoms with Crippen molar-refractivity contribution in [2.45, 2.75) is 71.2 Å². The second kappa shape index (κ2) is 10.6. The molecule has 220 valence electrons. The van der Waals surface area contributed by atoms with E-state index in [1.165, 1.54) is 0 Å². The average molecular weight is 566 g/mol. The SMILES string of the molecule is CC(NC(CC1C2Cn3ccnc3N=C2CC2[C@]1(C)CC[C@@H](O)[C@@]2(C)CO)C1=CCOC1=O)C(=O)NC1=NCC=N1. The summed E-state index contributed by atoms with van der Waals surface area (Å²) in [4.78, 5) is 43.6. The fourth-order valence-electron chi connectivity index (χ4n) is 7.97. The lowest BCUT2D eigenvalue weighted by atomic mass is 9.44. The molecule has 2 fully saturated rings. The number of guanidine groups is 1. The molecular formula is C29H39N7O5. The Hall–Kier alpha value is -3.22. The molecule has 4 N–H and O–H groups in total. The summed E-state index contributed by atoms with van der Waals surface area (Å²) in [6.45, 7) is 7.23. The standard InChI is InChI=1S/C29H39N7O5/c1-16(24(39)35-26-30-7-8-31-26)33-20(17-5-11-41-25(17)40)12-19-18-14-36-10-9-32-27(36)34-21(18)13-22-28(19,2)6-4-23(38)29(22,3)15-37/h5,7,9-10,16,18-20,22-23,33,37-38H,4,6,8,11-15H2,1-3H3,(H,31,35,39)/t16?,18?,19?,20?,22?,23-,28-,29+/m1/s1. The lowest BCUT2D eigenvalue weighted by Gasteiger charge is -2.62. The highest BCUT2D eigenvalue weighted by Gasteiger charge is 2.61. The summed E-state index contributed by atoms with van der Waals surface area (Å²) in [5, 5.41) is 27.9. The van der Waals surface area contributed by atoms with Crippen molar-refractivity contribution in [1.29, 1.82) is 0 Å². The van der Waals surface area contributed by atoms with Gasteiger partial charge in [0.15, 0.2) is 0 Å². The summed E-state index contributed by atoms with van der Waals surface area (Å²) >= 11 is 0. The van der Waals surface area contributed by atoms with E-state index in [4.69, 9.17) is 9.73 Å². The number of aromatic nitrogens is 2. The minimum atomic E-state index is -0.699. The summed E-state index contributed by atoms with van der Waals surface area (Å²) in [7, 11) is 0. The third-order valence-electron chi connectivity index (χ3n) is 10.4. The van der Waals surface area contributed by atoms with Gasteiger partial charge >= 0.3 is 5.97 Å². The minimum Gasteiger partial charge on any atom is -0.458 e. The van der Waals surface area contributed by atoms with Gasteiger partial charge in [-0.05, 0) is 55.9 Å². The molecule has 4 heterocycles. The van der Waals surface area contributed by atoms with Gasteiger partial charge in [0.2, 0.25) is 17.8 Å². The molecular weight excluding hydrogens is 526 g/mol. The lowest BCUT2D eigenvalue weighted by Crippen LogP contribution is -2.62. The van der Waals surface area contributed by atoms with Gasteiger partial charge in [-0.1, -0.05) is 13.8 Å². The third-order valence-corrected chi connectivity index (χ3v) is 10.4. The number of hydrogen-bond acceptors (Lipinski definition) is 10. The summed E-state index contributed by atoms with van der Waals surface area (Å²) in [5.74, 6) is 0.347. The van der Waals surface area contributed by atoms with Gasteiger partial charge in [0.05, 0.1) is 30.9 Å². The number of nitrogens with zero attached hydrogens (tertiary/aromatic N) is 5. The first-order chi connectivity index (χ1) is 19.6. The number of esters is 1. The first-order valence-corrected chi connectivity index (χ1v) is 14.5. The van der Waals surface area contributed by atoms with Crippen LogP contribution in [0.1, 0.15) is 46.5 Å². The lowest BCUT2D eigenvalue weighted by molar-refractivity contribution is -0.157. The highest BCUT2D eigenvalue weighted by atomic mass is 16.5. The molecule has 1 aromatic rings. The van der Waals surface area contributed by atoms with Crippen molar-refractivity contribution >= 4 is 35.7 Å². The van der Waals surface area contributed by atoms with Crippen LogP contribution in [-0.4, -0.2) is 87.5 Å². The number of carbonyl (C=O) groups excluding carboxylic acids is 2. The molecule has 3 aliphatic heterocycles. The number of ether oxygens (including phenoxy) is 1. The summed E-state index contributed by atoms with van der Waals surface area (Å²) in [5.41, 5.74) is 0.579. The molecule has 0 bridgehead atoms. The van der Waals surface area contributed by atoms with Crippen molar-refractivity contribution in [3.63, 3.8) is 0 Å². The number of cyclic esters (lactones) is 1. The molecule has 8 atom stereocenters. The summed E-state index contributed by atoms with van der Waals surface area (Å²) in [6, 6.07) is -1.10. The van der Waals surface area contributed by atoms with E-state index in [1.807, 2.05) is 13.1 Å². The average Bonchev–Trinajstić information content (AvgIpc) is 3.73. The Kier molecular flexibility index (Phi) is 7.19. The first-order valence-electron chi connectivity index (χ1n) is 14.5. The van der Waals surface area contributed by atoms with E-state index in [-0.39, 0.29) is 54.2 Å². The quantitative estimate of drug-likeness (QED) is 0.361. The van der Waals surface area contributed by atoms with Crippen molar-refractivity contribution in [1.82, 2.24) is 20.2 Å². The largest absolute Gasteiger partial charge is 0.458 e. The maximum atomic E-state index is 13.1. The topological polar surface area (TPSA) is 163 Å². The second-order valence-electron chi connectivity index (χ2n) is 12.6. The Morgan fingerprint density at radius 2 is 2.17 bits per heavy atom. The van der Waals surface area contributed by atoms with Crippen LogP contribution >= 0.6 is 0 Å². The molecule has 0 aromatic carbocycles. The fourth-order valence-corrected chi connectivity index (χ4v) is 7.97. The van der Waals surface area contributed by atoms with Crippen LogP contribution in [-0.2, 0) is 20.9 Å². The van der Waals surface area contributed by atoms with Crippen LogP contribution in [0.2, 0.25) is 0 Å². The first kappa shape index (κ1) is 27.9. The Labute approximate surface area is 239 Å². The Morgan fingerprint density at radius 3 is 2.88 bits per heavy atom. The van der Waals surface area contributed by atoms with Crippen molar-refractivity contribution in [2.75, 3.05) is 19.8 Å². The number of imidazole rings is 1. The molecule has 1 amide bonds. The number of aliphatic hydroxyl groups excluding tert-OH is 2. The number of amides is 1. The summed E-state index contributed by atoms with van der Waals surface area (Å²) < 4.78 is 7.38. The molecule has 2 aliphatic carbocycles. The fraction of sp³-hybridized carbons (Fsp3) is 0.655. The molecule has 6 rings (SSSR count). The molecule has 12 nitrogen and oxygen atoms in total. The smallest absolute Gasteiger partial charge is 0.335 e. The molecule has 5 aliphatic rings. The van der Waals surface area contributed by atoms with E-state index >= 15 is 0 Å². The normalized spacial score (nSPS) is 35.3.